The first-order valence-corrected chi connectivity index (χ1v) is 8.98. The van der Waals surface area contributed by atoms with Gasteiger partial charge in [-0.05, 0) is 87.1 Å². The lowest BCUT2D eigenvalue weighted by Gasteiger charge is -2.19. The smallest absolute Gasteiger partial charge is 0.265 e. The van der Waals surface area contributed by atoms with Crippen LogP contribution in [-0.2, 0) is 17.6 Å². The molecule has 25 heavy (non-hydrogen) atoms. The Morgan fingerprint density at radius 1 is 1.04 bits per heavy atom. The molecule has 0 spiro atoms. The standard InChI is InChI=1S/C21H25NO3/c1-3-24-19-12-9-18(10-13-19)22-21(23)15(2)25-20-11-8-16-6-4-5-7-17(16)14-20/h8-15H,3-7H2,1-2H3,(H,22,23)/t15-/m0/s1. The second kappa shape index (κ2) is 8.06. The maximum absolute atomic E-state index is 12.3. The van der Waals surface area contributed by atoms with Crippen LogP contribution < -0.4 is 14.8 Å². The van der Waals surface area contributed by atoms with Crippen molar-refractivity contribution >= 4 is 11.6 Å². The SMILES string of the molecule is CCOc1ccc(NC(=O)[C@H](C)Oc2ccc3c(c2)CCCC3)cc1. The van der Waals surface area contributed by atoms with E-state index in [1.54, 1.807) is 6.92 Å². The van der Waals surface area contributed by atoms with Crippen LogP contribution in [0.3, 0.4) is 0 Å². The molecular weight excluding hydrogens is 314 g/mol. The Balaban J connectivity index is 1.58. The van der Waals surface area contributed by atoms with Crippen LogP contribution in [0.15, 0.2) is 42.5 Å². The lowest BCUT2D eigenvalue weighted by Crippen LogP contribution is -2.30. The van der Waals surface area contributed by atoms with Crippen molar-refractivity contribution in [2.24, 2.45) is 0 Å². The fraction of sp³-hybridized carbons (Fsp3) is 0.381. The monoisotopic (exact) mass is 339 g/mol. The van der Waals surface area contributed by atoms with Crippen molar-refractivity contribution in [1.82, 2.24) is 0 Å². The number of aryl methyl sites for hydroxylation is 2. The number of carbonyl (C=O) groups is 1. The quantitative estimate of drug-likeness (QED) is 0.850. The predicted octanol–water partition coefficient (Wildman–Crippen LogP) is 4.37. The van der Waals surface area contributed by atoms with E-state index in [0.717, 1.165) is 30.0 Å². The van der Waals surface area contributed by atoms with Gasteiger partial charge in [-0.2, -0.15) is 0 Å². The van der Waals surface area contributed by atoms with Crippen LogP contribution in [-0.4, -0.2) is 18.6 Å². The molecule has 1 aliphatic carbocycles. The number of fused-ring (bicyclic) bond motifs is 1. The molecular formula is C21H25NO3. The van der Waals surface area contributed by atoms with Crippen LogP contribution >= 0.6 is 0 Å². The molecule has 0 saturated heterocycles. The molecule has 0 bridgehead atoms. The fourth-order valence-corrected chi connectivity index (χ4v) is 3.09. The van der Waals surface area contributed by atoms with Gasteiger partial charge in [-0.3, -0.25) is 4.79 Å². The third-order valence-corrected chi connectivity index (χ3v) is 4.43. The van der Waals surface area contributed by atoms with E-state index in [9.17, 15) is 4.79 Å². The molecule has 2 aromatic rings. The van der Waals surface area contributed by atoms with Gasteiger partial charge < -0.3 is 14.8 Å². The van der Waals surface area contributed by atoms with Gasteiger partial charge in [-0.15, -0.1) is 0 Å². The largest absolute Gasteiger partial charge is 0.494 e. The van der Waals surface area contributed by atoms with E-state index in [4.69, 9.17) is 9.47 Å². The maximum atomic E-state index is 12.3. The molecule has 1 atom stereocenters. The second-order valence-corrected chi connectivity index (χ2v) is 6.34. The van der Waals surface area contributed by atoms with Crippen LogP contribution in [0.25, 0.3) is 0 Å². The summed E-state index contributed by atoms with van der Waals surface area (Å²) >= 11 is 0. The van der Waals surface area contributed by atoms with Gasteiger partial charge in [0.25, 0.3) is 5.91 Å². The average molecular weight is 339 g/mol. The number of carbonyl (C=O) groups excluding carboxylic acids is 1. The molecule has 0 heterocycles. The highest BCUT2D eigenvalue weighted by Crippen LogP contribution is 2.26. The number of hydrogen-bond acceptors (Lipinski definition) is 3. The first kappa shape index (κ1) is 17.3. The minimum absolute atomic E-state index is 0.165. The van der Waals surface area contributed by atoms with E-state index in [2.05, 4.69) is 17.4 Å². The molecule has 0 aliphatic heterocycles. The van der Waals surface area contributed by atoms with Gasteiger partial charge in [-0.25, -0.2) is 0 Å². The molecule has 4 heteroatoms. The number of ether oxygens (including phenoxy) is 2. The van der Waals surface area contributed by atoms with E-state index in [1.165, 1.54) is 24.0 Å². The molecule has 0 aromatic heterocycles. The molecule has 1 N–H and O–H groups in total. The van der Waals surface area contributed by atoms with Crippen molar-refractivity contribution in [3.8, 4) is 11.5 Å². The summed E-state index contributed by atoms with van der Waals surface area (Å²) in [5.41, 5.74) is 3.49. The Bertz CT molecular complexity index is 724. The summed E-state index contributed by atoms with van der Waals surface area (Å²) in [5, 5.41) is 2.87. The van der Waals surface area contributed by atoms with Crippen LogP contribution in [0.5, 0.6) is 11.5 Å². The minimum Gasteiger partial charge on any atom is -0.494 e. The Kier molecular flexibility index (Phi) is 5.59. The summed E-state index contributed by atoms with van der Waals surface area (Å²) in [6, 6.07) is 13.5. The lowest BCUT2D eigenvalue weighted by molar-refractivity contribution is -0.122. The molecule has 0 unspecified atom stereocenters. The first-order chi connectivity index (χ1) is 12.2. The predicted molar refractivity (Wildman–Crippen MR) is 99.4 cm³/mol. The molecule has 0 fully saturated rings. The zero-order valence-corrected chi connectivity index (χ0v) is 14.9. The summed E-state index contributed by atoms with van der Waals surface area (Å²) in [6.07, 6.45) is 4.16. The molecule has 0 saturated carbocycles. The first-order valence-electron chi connectivity index (χ1n) is 8.98. The summed E-state index contributed by atoms with van der Waals surface area (Å²) in [6.45, 7) is 4.33. The van der Waals surface area contributed by atoms with Gasteiger partial charge in [0.1, 0.15) is 11.5 Å². The highest BCUT2D eigenvalue weighted by molar-refractivity contribution is 5.94. The maximum Gasteiger partial charge on any atom is 0.265 e. The summed E-state index contributed by atoms with van der Waals surface area (Å²) in [5.74, 6) is 1.38. The fourth-order valence-electron chi connectivity index (χ4n) is 3.09. The average Bonchev–Trinajstić information content (AvgIpc) is 2.63. The highest BCUT2D eigenvalue weighted by Gasteiger charge is 2.16. The zero-order valence-electron chi connectivity index (χ0n) is 14.9. The third-order valence-electron chi connectivity index (χ3n) is 4.43. The van der Waals surface area contributed by atoms with Gasteiger partial charge in [0, 0.05) is 5.69 Å². The number of rotatable bonds is 6. The summed E-state index contributed by atoms with van der Waals surface area (Å²) in [7, 11) is 0. The lowest BCUT2D eigenvalue weighted by atomic mass is 9.92. The number of nitrogens with one attached hydrogen (secondary N) is 1. The number of amides is 1. The summed E-state index contributed by atoms with van der Waals surface area (Å²) in [4.78, 5) is 12.3. The van der Waals surface area contributed by atoms with Crippen molar-refractivity contribution in [2.75, 3.05) is 11.9 Å². The van der Waals surface area contributed by atoms with Gasteiger partial charge in [0.2, 0.25) is 0 Å². The van der Waals surface area contributed by atoms with Crippen LogP contribution in [0.1, 0.15) is 37.8 Å². The summed E-state index contributed by atoms with van der Waals surface area (Å²) < 4.78 is 11.2. The van der Waals surface area contributed by atoms with E-state index in [-0.39, 0.29) is 5.91 Å². The van der Waals surface area contributed by atoms with Crippen LogP contribution in [0.2, 0.25) is 0 Å². The van der Waals surface area contributed by atoms with E-state index in [1.807, 2.05) is 37.3 Å². The van der Waals surface area contributed by atoms with Gasteiger partial charge >= 0.3 is 0 Å². The Morgan fingerprint density at radius 2 is 1.72 bits per heavy atom. The number of benzene rings is 2. The minimum atomic E-state index is -0.562. The zero-order chi connectivity index (χ0) is 17.6. The normalized spacial score (nSPS) is 14.3. The van der Waals surface area contributed by atoms with Crippen LogP contribution in [0.4, 0.5) is 5.69 Å². The van der Waals surface area contributed by atoms with Crippen molar-refractivity contribution in [3.05, 3.63) is 53.6 Å². The molecule has 3 rings (SSSR count). The van der Waals surface area contributed by atoms with E-state index >= 15 is 0 Å². The van der Waals surface area contributed by atoms with E-state index in [0.29, 0.717) is 6.61 Å². The van der Waals surface area contributed by atoms with E-state index < -0.39 is 6.10 Å². The second-order valence-electron chi connectivity index (χ2n) is 6.34. The molecule has 4 nitrogen and oxygen atoms in total. The third kappa shape index (κ3) is 4.53. The molecule has 0 radical (unpaired) electrons. The molecule has 2 aromatic carbocycles. The molecule has 1 aliphatic rings. The van der Waals surface area contributed by atoms with Crippen molar-refractivity contribution in [3.63, 3.8) is 0 Å². The van der Waals surface area contributed by atoms with Gasteiger partial charge in [0.05, 0.1) is 6.61 Å². The highest BCUT2D eigenvalue weighted by atomic mass is 16.5. The van der Waals surface area contributed by atoms with Crippen molar-refractivity contribution < 1.29 is 14.3 Å². The Hall–Kier alpha value is -2.49. The Labute approximate surface area is 149 Å². The number of anilines is 1. The topological polar surface area (TPSA) is 47.6 Å². The van der Waals surface area contributed by atoms with Crippen molar-refractivity contribution in [1.29, 1.82) is 0 Å². The molecule has 1 amide bonds. The Morgan fingerprint density at radius 3 is 2.44 bits per heavy atom. The molecule has 132 valence electrons. The number of hydrogen-bond donors (Lipinski definition) is 1. The van der Waals surface area contributed by atoms with Gasteiger partial charge in [0.15, 0.2) is 6.10 Å². The van der Waals surface area contributed by atoms with Crippen molar-refractivity contribution in [2.45, 2.75) is 45.6 Å². The van der Waals surface area contributed by atoms with Gasteiger partial charge in [-0.1, -0.05) is 6.07 Å². The van der Waals surface area contributed by atoms with Crippen LogP contribution in [0, 0.1) is 0 Å².